The molecule has 0 aliphatic rings. The van der Waals surface area contributed by atoms with Gasteiger partial charge in [0, 0.05) is 30.1 Å². The predicted molar refractivity (Wildman–Crippen MR) is 68.0 cm³/mol. The number of hydrogen-bond acceptors (Lipinski definition) is 4. The number of amides is 1. The van der Waals surface area contributed by atoms with Gasteiger partial charge in [-0.25, -0.2) is 9.78 Å². The summed E-state index contributed by atoms with van der Waals surface area (Å²) in [5.74, 6) is 0.0945. The number of imidazole rings is 1. The van der Waals surface area contributed by atoms with Crippen molar-refractivity contribution in [2.75, 3.05) is 5.32 Å². The van der Waals surface area contributed by atoms with Crippen LogP contribution < -0.4 is 16.6 Å². The van der Waals surface area contributed by atoms with Crippen molar-refractivity contribution in [2.45, 2.75) is 19.8 Å². The van der Waals surface area contributed by atoms with Crippen molar-refractivity contribution in [2.24, 2.45) is 0 Å². The molecule has 8 nitrogen and oxygen atoms in total. The fourth-order valence-corrected chi connectivity index (χ4v) is 1.69. The maximum absolute atomic E-state index is 11.6. The van der Waals surface area contributed by atoms with E-state index in [1.54, 1.807) is 13.1 Å². The molecule has 0 radical (unpaired) electrons. The number of carbonyl (C=O) groups is 1. The van der Waals surface area contributed by atoms with Gasteiger partial charge in [-0.2, -0.15) is 0 Å². The van der Waals surface area contributed by atoms with Crippen LogP contribution in [0.5, 0.6) is 0 Å². The Bertz CT molecular complexity index is 683. The van der Waals surface area contributed by atoms with Crippen LogP contribution in [0.25, 0.3) is 0 Å². The number of aromatic nitrogens is 4. The second kappa shape index (κ2) is 5.34. The van der Waals surface area contributed by atoms with Gasteiger partial charge in [-0.15, -0.1) is 0 Å². The fraction of sp³-hybridized carbons (Fsp3) is 0.273. The van der Waals surface area contributed by atoms with Crippen molar-refractivity contribution in [1.29, 1.82) is 0 Å². The van der Waals surface area contributed by atoms with E-state index in [4.69, 9.17) is 0 Å². The van der Waals surface area contributed by atoms with E-state index in [1.165, 1.54) is 6.20 Å². The van der Waals surface area contributed by atoms with Gasteiger partial charge in [-0.05, 0) is 13.3 Å². The third kappa shape index (κ3) is 3.18. The van der Waals surface area contributed by atoms with Gasteiger partial charge in [-0.1, -0.05) is 0 Å². The van der Waals surface area contributed by atoms with Crippen LogP contribution in [0.3, 0.4) is 0 Å². The summed E-state index contributed by atoms with van der Waals surface area (Å²) in [5, 5.41) is 2.55. The molecule has 0 atom stereocenters. The Morgan fingerprint density at radius 2 is 2.16 bits per heavy atom. The van der Waals surface area contributed by atoms with Gasteiger partial charge < -0.3 is 9.97 Å². The molecule has 2 aromatic rings. The number of hydrogen-bond donors (Lipinski definition) is 4. The molecule has 0 aromatic carbocycles. The molecule has 0 saturated carbocycles. The number of nitrogens with zero attached hydrogens (tertiary/aromatic N) is 1. The normalized spacial score (nSPS) is 10.4. The minimum Gasteiger partial charge on any atom is -0.331 e. The molecular formula is C11H13N5O3. The Morgan fingerprint density at radius 3 is 2.79 bits per heavy atom. The molecule has 0 aliphatic carbocycles. The number of H-pyrrole nitrogens is 3. The quantitative estimate of drug-likeness (QED) is 0.602. The standard InChI is InChI=1S/C11H13N5O3/c1-6-7(9(18)16-11(19)14-6)2-3-8(17)15-10-12-4-5-13-10/h4-5H,2-3H2,1H3,(H2,12,13,15,17)(H2,14,16,18,19). The molecule has 2 heterocycles. The molecule has 8 heteroatoms. The fourth-order valence-electron chi connectivity index (χ4n) is 1.69. The molecule has 4 N–H and O–H groups in total. The van der Waals surface area contributed by atoms with Crippen molar-refractivity contribution >= 4 is 11.9 Å². The average Bonchev–Trinajstić information content (AvgIpc) is 2.80. The first-order valence-corrected chi connectivity index (χ1v) is 5.67. The van der Waals surface area contributed by atoms with E-state index in [9.17, 15) is 14.4 Å². The molecule has 100 valence electrons. The monoisotopic (exact) mass is 263 g/mol. The Morgan fingerprint density at radius 1 is 1.37 bits per heavy atom. The Labute approximate surface area is 107 Å². The zero-order valence-corrected chi connectivity index (χ0v) is 10.2. The Kier molecular flexibility index (Phi) is 3.60. The summed E-state index contributed by atoms with van der Waals surface area (Å²) in [7, 11) is 0. The number of nitrogens with one attached hydrogen (secondary N) is 4. The van der Waals surface area contributed by atoms with E-state index < -0.39 is 11.2 Å². The SMILES string of the molecule is Cc1[nH]c(=O)[nH]c(=O)c1CCC(=O)Nc1ncc[nH]1. The Hall–Kier alpha value is -2.64. The second-order valence-electron chi connectivity index (χ2n) is 4.00. The lowest BCUT2D eigenvalue weighted by Crippen LogP contribution is -2.27. The van der Waals surface area contributed by atoms with Crippen LogP contribution in [0.15, 0.2) is 22.0 Å². The second-order valence-corrected chi connectivity index (χ2v) is 4.00. The molecule has 19 heavy (non-hydrogen) atoms. The molecule has 0 spiro atoms. The van der Waals surface area contributed by atoms with E-state index in [-0.39, 0.29) is 18.7 Å². The number of aryl methyl sites for hydroxylation is 1. The highest BCUT2D eigenvalue weighted by Crippen LogP contribution is 2.02. The van der Waals surface area contributed by atoms with Crippen LogP contribution in [-0.4, -0.2) is 25.8 Å². The summed E-state index contributed by atoms with van der Waals surface area (Å²) in [5.41, 5.74) is -0.146. The molecule has 1 amide bonds. The van der Waals surface area contributed by atoms with Crippen molar-refractivity contribution in [3.63, 3.8) is 0 Å². The minimum absolute atomic E-state index is 0.122. The van der Waals surface area contributed by atoms with Crippen molar-refractivity contribution in [3.05, 3.63) is 44.5 Å². The molecule has 2 aromatic heterocycles. The van der Waals surface area contributed by atoms with Crippen LogP contribution in [0, 0.1) is 6.92 Å². The van der Waals surface area contributed by atoms with Crippen LogP contribution in [0.1, 0.15) is 17.7 Å². The summed E-state index contributed by atoms with van der Waals surface area (Å²) < 4.78 is 0. The largest absolute Gasteiger partial charge is 0.331 e. The number of anilines is 1. The van der Waals surface area contributed by atoms with Crippen molar-refractivity contribution in [1.82, 2.24) is 19.9 Å². The van der Waals surface area contributed by atoms with Gasteiger partial charge in [0.25, 0.3) is 5.56 Å². The van der Waals surface area contributed by atoms with E-state index in [0.717, 1.165) is 0 Å². The van der Waals surface area contributed by atoms with Gasteiger partial charge >= 0.3 is 5.69 Å². The molecule has 2 rings (SSSR count). The smallest absolute Gasteiger partial charge is 0.325 e. The summed E-state index contributed by atoms with van der Waals surface area (Å²) >= 11 is 0. The van der Waals surface area contributed by atoms with Gasteiger partial charge in [0.2, 0.25) is 11.9 Å². The first kappa shape index (κ1) is 12.8. The first-order chi connectivity index (χ1) is 9.06. The van der Waals surface area contributed by atoms with Crippen LogP contribution in [0.4, 0.5) is 5.95 Å². The van der Waals surface area contributed by atoms with Gasteiger partial charge in [0.1, 0.15) is 0 Å². The molecular weight excluding hydrogens is 250 g/mol. The highest BCUT2D eigenvalue weighted by molar-refractivity contribution is 5.89. The molecule has 0 saturated heterocycles. The van der Waals surface area contributed by atoms with E-state index in [0.29, 0.717) is 17.2 Å². The average molecular weight is 263 g/mol. The highest BCUT2D eigenvalue weighted by Gasteiger charge is 2.09. The van der Waals surface area contributed by atoms with Crippen molar-refractivity contribution in [3.8, 4) is 0 Å². The Balaban J connectivity index is 2.01. The van der Waals surface area contributed by atoms with Gasteiger partial charge in [0.05, 0.1) is 0 Å². The summed E-state index contributed by atoms with van der Waals surface area (Å²) in [6.07, 6.45) is 3.47. The minimum atomic E-state index is -0.550. The third-order valence-corrected chi connectivity index (χ3v) is 2.61. The van der Waals surface area contributed by atoms with E-state index >= 15 is 0 Å². The zero-order valence-electron chi connectivity index (χ0n) is 10.2. The lowest BCUT2D eigenvalue weighted by atomic mass is 10.1. The lowest BCUT2D eigenvalue weighted by molar-refractivity contribution is -0.116. The summed E-state index contributed by atoms with van der Waals surface area (Å²) in [6, 6.07) is 0. The van der Waals surface area contributed by atoms with Crippen LogP contribution in [-0.2, 0) is 11.2 Å². The van der Waals surface area contributed by atoms with Gasteiger partial charge in [-0.3, -0.25) is 19.9 Å². The predicted octanol–water partition coefficient (Wildman–Crippen LogP) is -0.334. The topological polar surface area (TPSA) is 124 Å². The highest BCUT2D eigenvalue weighted by atomic mass is 16.2. The van der Waals surface area contributed by atoms with Crippen LogP contribution >= 0.6 is 0 Å². The molecule has 0 fully saturated rings. The number of carbonyl (C=O) groups excluding carboxylic acids is 1. The maximum atomic E-state index is 11.6. The van der Waals surface area contributed by atoms with E-state index in [2.05, 4.69) is 25.3 Å². The summed E-state index contributed by atoms with van der Waals surface area (Å²) in [6.45, 7) is 1.62. The maximum Gasteiger partial charge on any atom is 0.325 e. The first-order valence-electron chi connectivity index (χ1n) is 5.67. The van der Waals surface area contributed by atoms with Crippen molar-refractivity contribution < 1.29 is 4.79 Å². The van der Waals surface area contributed by atoms with Crippen LogP contribution in [0.2, 0.25) is 0 Å². The third-order valence-electron chi connectivity index (χ3n) is 2.61. The molecule has 0 bridgehead atoms. The molecule has 0 unspecified atom stereocenters. The zero-order chi connectivity index (χ0) is 13.8. The number of aromatic amines is 3. The lowest BCUT2D eigenvalue weighted by Gasteiger charge is -2.04. The molecule has 0 aliphatic heterocycles. The van der Waals surface area contributed by atoms with E-state index in [1.807, 2.05) is 0 Å². The van der Waals surface area contributed by atoms with Gasteiger partial charge in [0.15, 0.2) is 0 Å². The summed E-state index contributed by atoms with van der Waals surface area (Å²) in [4.78, 5) is 45.4. The number of rotatable bonds is 4.